The third-order valence-electron chi connectivity index (χ3n) is 3.32. The predicted molar refractivity (Wildman–Crippen MR) is 94.1 cm³/mol. The zero-order valence-corrected chi connectivity index (χ0v) is 15.8. The molecule has 2 aromatic carbocycles. The maximum atomic E-state index is 12.2. The van der Waals surface area contributed by atoms with E-state index in [0.717, 1.165) is 6.54 Å². The number of carbonyl (C=O) groups is 1. The lowest BCUT2D eigenvalue weighted by Crippen LogP contribution is -3.00. The number of ether oxygens (including phenoxy) is 1. The van der Waals surface area contributed by atoms with Crippen molar-refractivity contribution in [3.8, 4) is 0 Å². The zero-order valence-electron chi connectivity index (χ0n) is 13.5. The van der Waals surface area contributed by atoms with Gasteiger partial charge in [0.15, 0.2) is 0 Å². The molecule has 1 atom stereocenters. The molecule has 0 fully saturated rings. The second-order valence-electron chi connectivity index (χ2n) is 5.52. The van der Waals surface area contributed by atoms with Gasteiger partial charge in [0.2, 0.25) is 0 Å². The predicted octanol–water partition coefficient (Wildman–Crippen LogP) is 1.67. The zero-order chi connectivity index (χ0) is 16.8. The van der Waals surface area contributed by atoms with Crippen molar-refractivity contribution in [1.82, 2.24) is 4.90 Å². The normalized spacial score (nSPS) is 11.7. The molecular weight excluding hydrogens is 369 g/mol. The van der Waals surface area contributed by atoms with Gasteiger partial charge in [-0.2, -0.15) is 0 Å². The molecule has 0 aliphatic heterocycles. The molecule has 0 heterocycles. The lowest BCUT2D eigenvalue weighted by molar-refractivity contribution is -0.0000425. The summed E-state index contributed by atoms with van der Waals surface area (Å²) in [6.45, 7) is 3.29. The van der Waals surface area contributed by atoms with E-state index in [-0.39, 0.29) is 18.5 Å². The van der Waals surface area contributed by atoms with E-state index in [9.17, 15) is 4.79 Å². The Morgan fingerprint density at radius 1 is 1.17 bits per heavy atom. The maximum absolute atomic E-state index is 12.2. The van der Waals surface area contributed by atoms with E-state index in [4.69, 9.17) is 27.9 Å². The fourth-order valence-corrected chi connectivity index (χ4v) is 2.82. The molecule has 0 spiro atoms. The number of benzene rings is 2. The molecule has 0 radical (unpaired) electrons. The molecule has 6 heteroatoms. The number of hydrogen-bond donors (Lipinski definition) is 0. The van der Waals surface area contributed by atoms with Gasteiger partial charge in [0.05, 0.1) is 10.6 Å². The highest BCUT2D eigenvalue weighted by Gasteiger charge is 2.16. The Labute approximate surface area is 158 Å². The van der Waals surface area contributed by atoms with Crippen LogP contribution in [0.4, 0.5) is 0 Å². The van der Waals surface area contributed by atoms with E-state index in [1.165, 1.54) is 11.6 Å². The minimum Gasteiger partial charge on any atom is -1.00 e. The van der Waals surface area contributed by atoms with Crippen LogP contribution >= 0.6 is 23.2 Å². The first kappa shape index (κ1) is 20.8. The highest BCUT2D eigenvalue weighted by molar-refractivity contribution is 6.36. The van der Waals surface area contributed by atoms with Crippen LogP contribution in [0.15, 0.2) is 48.5 Å². The lowest BCUT2D eigenvalue weighted by Gasteiger charge is -2.21. The molecule has 0 aliphatic carbocycles. The van der Waals surface area contributed by atoms with E-state index in [1.807, 2.05) is 32.2 Å². The van der Waals surface area contributed by atoms with Crippen molar-refractivity contribution in [3.05, 3.63) is 69.7 Å². The minimum absolute atomic E-state index is 0. The lowest BCUT2D eigenvalue weighted by atomic mass is 10.2. The van der Waals surface area contributed by atoms with Crippen LogP contribution in [0.1, 0.15) is 22.8 Å². The van der Waals surface area contributed by atoms with Gasteiger partial charge in [-0.05, 0) is 37.7 Å². The van der Waals surface area contributed by atoms with Gasteiger partial charge in [0.25, 0.3) is 0 Å². The number of esters is 1. The van der Waals surface area contributed by atoms with Crippen LogP contribution in [0.2, 0.25) is 10.0 Å². The summed E-state index contributed by atoms with van der Waals surface area (Å²) in [5.74, 6) is -0.438. The topological polar surface area (TPSA) is 29.5 Å². The highest BCUT2D eigenvalue weighted by Crippen LogP contribution is 2.22. The van der Waals surface area contributed by atoms with Crippen LogP contribution in [0, 0.1) is 0 Å². The number of nitrogens with zero attached hydrogens (tertiary/aromatic N) is 1. The molecule has 0 aliphatic rings. The third-order valence-corrected chi connectivity index (χ3v) is 3.87. The molecule has 130 valence electrons. The molecule has 0 aromatic heterocycles. The van der Waals surface area contributed by atoms with Gasteiger partial charge < -0.3 is 17.1 Å². The number of halogens is 3. The molecule has 0 bridgehead atoms. The first-order valence-electron chi connectivity index (χ1n) is 7.34. The quantitative estimate of drug-likeness (QED) is 0.706. The molecule has 0 saturated carbocycles. The van der Waals surface area contributed by atoms with E-state index in [2.05, 4.69) is 17.0 Å². The molecule has 2 rings (SSSR count). The molecular formula is C18H19Cl3NO2-. The number of likely N-dealkylation sites (N-methyl/N-ethyl adjacent to an activating group) is 1. The Bertz CT molecular complexity index is 665. The summed E-state index contributed by atoms with van der Waals surface area (Å²) < 4.78 is 5.46. The minimum atomic E-state index is -0.438. The summed E-state index contributed by atoms with van der Waals surface area (Å²) in [5, 5.41) is 0.787. The number of carbonyl (C=O) groups excluding carboxylic acids is 1. The number of rotatable bonds is 6. The molecule has 0 N–H and O–H groups in total. The van der Waals surface area contributed by atoms with E-state index in [1.54, 1.807) is 12.1 Å². The first-order chi connectivity index (χ1) is 11.0. The Balaban J connectivity index is 0.00000288. The summed E-state index contributed by atoms with van der Waals surface area (Å²) in [5.41, 5.74) is 1.54. The van der Waals surface area contributed by atoms with Crippen LogP contribution in [0.3, 0.4) is 0 Å². The Morgan fingerprint density at radius 2 is 1.83 bits per heavy atom. The molecule has 24 heavy (non-hydrogen) atoms. The molecule has 1 unspecified atom stereocenters. The van der Waals surface area contributed by atoms with Crippen LogP contribution < -0.4 is 12.4 Å². The Hall–Kier alpha value is -1.26. The van der Waals surface area contributed by atoms with Gasteiger partial charge in [-0.1, -0.05) is 53.5 Å². The van der Waals surface area contributed by atoms with Crippen molar-refractivity contribution in [2.45, 2.75) is 19.6 Å². The summed E-state index contributed by atoms with van der Waals surface area (Å²) in [7, 11) is 1.99. The number of hydrogen-bond acceptors (Lipinski definition) is 3. The van der Waals surface area contributed by atoms with Gasteiger partial charge in [-0.3, -0.25) is 4.90 Å². The second-order valence-corrected chi connectivity index (χ2v) is 6.37. The van der Waals surface area contributed by atoms with Crippen molar-refractivity contribution >= 4 is 29.2 Å². The average molecular weight is 388 g/mol. The van der Waals surface area contributed by atoms with E-state index >= 15 is 0 Å². The summed E-state index contributed by atoms with van der Waals surface area (Å²) in [6.07, 6.45) is -0.247. The van der Waals surface area contributed by atoms with Gasteiger partial charge in [0.1, 0.15) is 6.10 Å². The van der Waals surface area contributed by atoms with Crippen molar-refractivity contribution in [2.75, 3.05) is 13.6 Å². The van der Waals surface area contributed by atoms with Crippen molar-refractivity contribution in [1.29, 1.82) is 0 Å². The van der Waals surface area contributed by atoms with Crippen LogP contribution in [0.5, 0.6) is 0 Å². The largest absolute Gasteiger partial charge is 1.00 e. The van der Waals surface area contributed by atoms with Gasteiger partial charge >= 0.3 is 5.97 Å². The smallest absolute Gasteiger partial charge is 0.339 e. The SMILES string of the molecule is CC(CN(C)Cc1ccccc1)OC(=O)c1ccc(Cl)cc1Cl.[Cl-]. The average Bonchev–Trinajstić information content (AvgIpc) is 2.47. The standard InChI is InChI=1S/C18H19Cl2NO2.ClH/c1-13(11-21(2)12-14-6-4-3-5-7-14)23-18(22)16-9-8-15(19)10-17(16)20;/h3-10,13H,11-12H2,1-2H3;1H/p-1. The third kappa shape index (κ3) is 6.33. The Morgan fingerprint density at radius 3 is 2.46 bits per heavy atom. The van der Waals surface area contributed by atoms with Crippen molar-refractivity contribution in [2.24, 2.45) is 0 Å². The fourth-order valence-electron chi connectivity index (χ4n) is 2.34. The summed E-state index contributed by atoms with van der Waals surface area (Å²) in [4.78, 5) is 14.3. The fraction of sp³-hybridized carbons (Fsp3) is 0.278. The molecule has 2 aromatic rings. The van der Waals surface area contributed by atoms with Crippen molar-refractivity contribution < 1.29 is 21.9 Å². The summed E-state index contributed by atoms with van der Waals surface area (Å²) >= 11 is 11.9. The van der Waals surface area contributed by atoms with Crippen LogP contribution in [-0.2, 0) is 11.3 Å². The highest BCUT2D eigenvalue weighted by atomic mass is 35.5. The molecule has 3 nitrogen and oxygen atoms in total. The van der Waals surface area contributed by atoms with E-state index in [0.29, 0.717) is 22.2 Å². The molecule has 0 amide bonds. The summed E-state index contributed by atoms with van der Waals surface area (Å²) in [6, 6.07) is 14.9. The van der Waals surface area contributed by atoms with Crippen LogP contribution in [-0.4, -0.2) is 30.6 Å². The van der Waals surface area contributed by atoms with Crippen LogP contribution in [0.25, 0.3) is 0 Å². The monoisotopic (exact) mass is 386 g/mol. The van der Waals surface area contributed by atoms with Gasteiger partial charge in [-0.15, -0.1) is 0 Å². The second kappa shape index (κ2) is 9.90. The Kier molecular flexibility index (Phi) is 8.57. The van der Waals surface area contributed by atoms with E-state index < -0.39 is 5.97 Å². The van der Waals surface area contributed by atoms with Crippen molar-refractivity contribution in [3.63, 3.8) is 0 Å². The van der Waals surface area contributed by atoms with Gasteiger partial charge in [-0.25, -0.2) is 4.79 Å². The maximum Gasteiger partial charge on any atom is 0.339 e. The molecule has 0 saturated heterocycles. The first-order valence-corrected chi connectivity index (χ1v) is 8.10. The van der Waals surface area contributed by atoms with Gasteiger partial charge in [0, 0.05) is 18.1 Å².